The van der Waals surface area contributed by atoms with E-state index in [1.54, 1.807) is 12.1 Å². The summed E-state index contributed by atoms with van der Waals surface area (Å²) in [7, 11) is 0. The maximum atomic E-state index is 11.9. The van der Waals surface area contributed by atoms with Gasteiger partial charge in [-0.1, -0.05) is 100 Å². The molecule has 0 unspecified atom stereocenters. The number of unbranched alkanes of at least 4 members (excludes halogenated alkanes) is 10. The standard InChI is InChI=1S/C21H33Cl2NO/c1-2-3-4-5-6-7-8-9-10-11-12-13-21(25)24-17-18-14-15-19(22)16-20(18)23/h14-16H,2-13,17H2,1H3,(H,24,25). The summed E-state index contributed by atoms with van der Waals surface area (Å²) in [5, 5.41) is 4.14. The number of carbonyl (C=O) groups is 1. The Hall–Kier alpha value is -0.730. The van der Waals surface area contributed by atoms with Gasteiger partial charge in [-0.05, 0) is 24.1 Å². The normalized spacial score (nSPS) is 10.8. The largest absolute Gasteiger partial charge is 0.352 e. The van der Waals surface area contributed by atoms with E-state index in [9.17, 15) is 4.79 Å². The van der Waals surface area contributed by atoms with Crippen molar-refractivity contribution in [1.29, 1.82) is 0 Å². The molecule has 0 bridgehead atoms. The van der Waals surface area contributed by atoms with E-state index in [-0.39, 0.29) is 5.91 Å². The highest BCUT2D eigenvalue weighted by molar-refractivity contribution is 6.35. The highest BCUT2D eigenvalue weighted by atomic mass is 35.5. The molecule has 4 heteroatoms. The van der Waals surface area contributed by atoms with Crippen molar-refractivity contribution in [2.45, 2.75) is 90.5 Å². The molecule has 0 aliphatic heterocycles. The third-order valence-electron chi connectivity index (χ3n) is 4.50. The Morgan fingerprint density at radius 3 is 2.00 bits per heavy atom. The van der Waals surface area contributed by atoms with Crippen LogP contribution in [0.1, 0.15) is 89.5 Å². The van der Waals surface area contributed by atoms with Crippen molar-refractivity contribution in [2.75, 3.05) is 0 Å². The van der Waals surface area contributed by atoms with Gasteiger partial charge < -0.3 is 5.32 Å². The molecule has 1 N–H and O–H groups in total. The van der Waals surface area contributed by atoms with Crippen LogP contribution in [0.4, 0.5) is 0 Å². The lowest BCUT2D eigenvalue weighted by molar-refractivity contribution is -0.121. The number of hydrogen-bond donors (Lipinski definition) is 1. The summed E-state index contributed by atoms with van der Waals surface area (Å²) in [6, 6.07) is 5.35. The number of hydrogen-bond acceptors (Lipinski definition) is 1. The van der Waals surface area contributed by atoms with Crippen molar-refractivity contribution in [1.82, 2.24) is 5.32 Å². The number of carbonyl (C=O) groups excluding carboxylic acids is 1. The zero-order valence-electron chi connectivity index (χ0n) is 15.6. The first-order chi connectivity index (χ1) is 12.1. The number of benzene rings is 1. The molecule has 0 heterocycles. The molecule has 1 rings (SSSR count). The molecule has 1 amide bonds. The average molecular weight is 386 g/mol. The molecule has 0 aliphatic carbocycles. The van der Waals surface area contributed by atoms with Gasteiger partial charge in [-0.3, -0.25) is 4.79 Å². The van der Waals surface area contributed by atoms with E-state index in [0.29, 0.717) is 23.0 Å². The van der Waals surface area contributed by atoms with Crippen LogP contribution in [-0.2, 0) is 11.3 Å². The van der Waals surface area contributed by atoms with Gasteiger partial charge in [0.15, 0.2) is 0 Å². The molecular weight excluding hydrogens is 353 g/mol. The molecule has 0 fully saturated rings. The van der Waals surface area contributed by atoms with E-state index in [1.165, 1.54) is 57.8 Å². The first-order valence-electron chi connectivity index (χ1n) is 9.84. The van der Waals surface area contributed by atoms with Crippen LogP contribution < -0.4 is 5.32 Å². The number of halogens is 2. The van der Waals surface area contributed by atoms with Crippen LogP contribution in [0.3, 0.4) is 0 Å². The molecule has 1 aromatic rings. The van der Waals surface area contributed by atoms with Gasteiger partial charge in [0.25, 0.3) is 0 Å². The van der Waals surface area contributed by atoms with Crippen LogP contribution in [0.5, 0.6) is 0 Å². The Morgan fingerprint density at radius 2 is 1.44 bits per heavy atom. The second-order valence-corrected chi connectivity index (χ2v) is 7.64. The number of amides is 1. The van der Waals surface area contributed by atoms with E-state index < -0.39 is 0 Å². The van der Waals surface area contributed by atoms with E-state index in [4.69, 9.17) is 23.2 Å². The molecule has 0 saturated carbocycles. The SMILES string of the molecule is CCCCCCCCCCCCCC(=O)NCc1ccc(Cl)cc1Cl. The molecule has 0 spiro atoms. The van der Waals surface area contributed by atoms with Gasteiger partial charge in [0.2, 0.25) is 5.91 Å². The molecular formula is C21H33Cl2NO. The second kappa shape index (κ2) is 14.4. The van der Waals surface area contributed by atoms with Crippen molar-refractivity contribution in [2.24, 2.45) is 0 Å². The summed E-state index contributed by atoms with van der Waals surface area (Å²) >= 11 is 12.0. The van der Waals surface area contributed by atoms with Gasteiger partial charge in [-0.25, -0.2) is 0 Å². The van der Waals surface area contributed by atoms with Crippen LogP contribution in [0.15, 0.2) is 18.2 Å². The lowest BCUT2D eigenvalue weighted by Gasteiger charge is -2.07. The third-order valence-corrected chi connectivity index (χ3v) is 5.09. The molecule has 2 nitrogen and oxygen atoms in total. The molecule has 0 aliphatic rings. The third kappa shape index (κ3) is 11.5. The minimum absolute atomic E-state index is 0.0990. The molecule has 1 aromatic carbocycles. The maximum absolute atomic E-state index is 11.9. The van der Waals surface area contributed by atoms with Crippen molar-refractivity contribution in [3.05, 3.63) is 33.8 Å². The summed E-state index contributed by atoms with van der Waals surface area (Å²) in [5.41, 5.74) is 0.901. The predicted molar refractivity (Wildman–Crippen MR) is 109 cm³/mol. The Labute approximate surface area is 163 Å². The summed E-state index contributed by atoms with van der Waals surface area (Å²) in [6.07, 6.45) is 14.8. The fraction of sp³-hybridized carbons (Fsp3) is 0.667. The Bertz CT molecular complexity index is 491. The monoisotopic (exact) mass is 385 g/mol. The minimum Gasteiger partial charge on any atom is -0.352 e. The fourth-order valence-electron chi connectivity index (χ4n) is 2.90. The zero-order chi connectivity index (χ0) is 18.3. The number of rotatable bonds is 14. The van der Waals surface area contributed by atoms with Crippen molar-refractivity contribution in [3.8, 4) is 0 Å². The highest BCUT2D eigenvalue weighted by Gasteiger charge is 2.04. The van der Waals surface area contributed by atoms with Crippen LogP contribution in [0.2, 0.25) is 10.0 Å². The topological polar surface area (TPSA) is 29.1 Å². The van der Waals surface area contributed by atoms with Crippen LogP contribution in [0, 0.1) is 0 Å². The smallest absolute Gasteiger partial charge is 0.220 e. The predicted octanol–water partition coefficient (Wildman–Crippen LogP) is 7.31. The van der Waals surface area contributed by atoms with E-state index >= 15 is 0 Å². The molecule has 142 valence electrons. The highest BCUT2D eigenvalue weighted by Crippen LogP contribution is 2.20. The summed E-state index contributed by atoms with van der Waals surface area (Å²) in [4.78, 5) is 11.9. The molecule has 0 radical (unpaired) electrons. The van der Waals surface area contributed by atoms with E-state index in [1.807, 2.05) is 6.07 Å². The Balaban J connectivity index is 1.95. The van der Waals surface area contributed by atoms with Crippen LogP contribution in [0.25, 0.3) is 0 Å². The quantitative estimate of drug-likeness (QED) is 0.334. The summed E-state index contributed by atoms with van der Waals surface area (Å²) < 4.78 is 0. The lowest BCUT2D eigenvalue weighted by Crippen LogP contribution is -2.22. The van der Waals surface area contributed by atoms with Crippen molar-refractivity contribution >= 4 is 29.1 Å². The van der Waals surface area contributed by atoms with Crippen LogP contribution >= 0.6 is 23.2 Å². The molecule has 0 saturated heterocycles. The summed E-state index contributed by atoms with van der Waals surface area (Å²) in [6.45, 7) is 2.72. The zero-order valence-corrected chi connectivity index (χ0v) is 17.1. The van der Waals surface area contributed by atoms with Crippen molar-refractivity contribution < 1.29 is 4.79 Å². The van der Waals surface area contributed by atoms with E-state index in [2.05, 4.69) is 12.2 Å². The van der Waals surface area contributed by atoms with Crippen molar-refractivity contribution in [3.63, 3.8) is 0 Å². The molecule has 25 heavy (non-hydrogen) atoms. The first-order valence-corrected chi connectivity index (χ1v) is 10.6. The summed E-state index contributed by atoms with van der Waals surface area (Å²) in [5.74, 6) is 0.0990. The van der Waals surface area contributed by atoms with Gasteiger partial charge in [0.05, 0.1) is 0 Å². The van der Waals surface area contributed by atoms with E-state index in [0.717, 1.165) is 18.4 Å². The molecule has 0 aromatic heterocycles. The number of nitrogens with one attached hydrogen (secondary N) is 1. The minimum atomic E-state index is 0.0990. The maximum Gasteiger partial charge on any atom is 0.220 e. The first kappa shape index (κ1) is 22.3. The van der Waals surface area contributed by atoms with Gasteiger partial charge >= 0.3 is 0 Å². The second-order valence-electron chi connectivity index (χ2n) is 6.80. The lowest BCUT2D eigenvalue weighted by atomic mass is 10.1. The van der Waals surface area contributed by atoms with Gasteiger partial charge in [-0.2, -0.15) is 0 Å². The Kier molecular flexibility index (Phi) is 12.9. The van der Waals surface area contributed by atoms with Crippen LogP contribution in [-0.4, -0.2) is 5.91 Å². The molecule has 0 atom stereocenters. The van der Waals surface area contributed by atoms with Gasteiger partial charge in [-0.15, -0.1) is 0 Å². The van der Waals surface area contributed by atoms with Gasteiger partial charge in [0.1, 0.15) is 0 Å². The average Bonchev–Trinajstić information content (AvgIpc) is 2.59. The fourth-order valence-corrected chi connectivity index (χ4v) is 3.37. The Morgan fingerprint density at radius 1 is 0.880 bits per heavy atom. The van der Waals surface area contributed by atoms with Gasteiger partial charge in [0, 0.05) is 23.0 Å².